The molecule has 1 fully saturated rings. The summed E-state index contributed by atoms with van der Waals surface area (Å²) in [6, 6.07) is 9.57. The highest BCUT2D eigenvalue weighted by Crippen LogP contribution is 2.35. The van der Waals surface area contributed by atoms with Crippen molar-refractivity contribution in [1.82, 2.24) is 10.2 Å². The maximum absolute atomic E-state index is 13.4. The Hall–Kier alpha value is -3.42. The molecule has 1 N–H and O–H groups in total. The lowest BCUT2D eigenvalue weighted by atomic mass is 9.84. The number of imide groups is 1. The molecule has 2 aliphatic rings. The number of nitrogens with one attached hydrogen (secondary N) is 1. The van der Waals surface area contributed by atoms with Gasteiger partial charge in [-0.2, -0.15) is 0 Å². The fourth-order valence-electron chi connectivity index (χ4n) is 3.76. The second-order valence-electron chi connectivity index (χ2n) is 7.33. The highest BCUT2D eigenvalue weighted by molar-refractivity contribution is 6.11. The Balaban J connectivity index is 1.60. The number of carbonyl (C=O) groups excluding carboxylic acids is 3. The van der Waals surface area contributed by atoms with Crippen molar-refractivity contribution in [2.45, 2.75) is 31.7 Å². The Morgan fingerprint density at radius 3 is 2.60 bits per heavy atom. The van der Waals surface area contributed by atoms with Crippen LogP contribution in [0.1, 0.15) is 42.1 Å². The van der Waals surface area contributed by atoms with E-state index in [0.717, 1.165) is 11.3 Å². The van der Waals surface area contributed by atoms with E-state index in [1.54, 1.807) is 12.1 Å². The van der Waals surface area contributed by atoms with Crippen LogP contribution in [-0.4, -0.2) is 36.0 Å². The van der Waals surface area contributed by atoms with Crippen LogP contribution in [0.5, 0.6) is 11.5 Å². The summed E-state index contributed by atoms with van der Waals surface area (Å²) < 4.78 is 23.9. The van der Waals surface area contributed by atoms with Crippen molar-refractivity contribution in [3.8, 4) is 11.5 Å². The number of benzene rings is 2. The Morgan fingerprint density at radius 2 is 1.87 bits per heavy atom. The summed E-state index contributed by atoms with van der Waals surface area (Å²) in [5, 5.41) is 2.75. The number of nitrogens with zero attached hydrogens (tertiary/aromatic N) is 1. The third kappa shape index (κ3) is 3.38. The quantitative estimate of drug-likeness (QED) is 0.557. The number of halogens is 1. The predicted octanol–water partition coefficient (Wildman–Crippen LogP) is 3.37. The molecular weight excluding hydrogens is 391 g/mol. The molecule has 2 aliphatic heterocycles. The Kier molecular flexibility index (Phi) is 5.15. The van der Waals surface area contributed by atoms with Crippen molar-refractivity contribution in [1.29, 1.82) is 0 Å². The molecule has 0 radical (unpaired) electrons. The fraction of sp³-hybridized carbons (Fsp3) is 0.318. The summed E-state index contributed by atoms with van der Waals surface area (Å²) in [7, 11) is 0. The van der Waals surface area contributed by atoms with Crippen LogP contribution in [0.4, 0.5) is 9.18 Å². The van der Waals surface area contributed by atoms with E-state index in [1.165, 1.54) is 30.3 Å². The summed E-state index contributed by atoms with van der Waals surface area (Å²) in [5.74, 6) is -0.363. The summed E-state index contributed by atoms with van der Waals surface area (Å²) in [6.07, 6.45) is 1.84. The molecule has 1 atom stereocenters. The number of hydrogen-bond acceptors (Lipinski definition) is 5. The Morgan fingerprint density at radius 1 is 1.13 bits per heavy atom. The topological polar surface area (TPSA) is 84.9 Å². The second-order valence-corrected chi connectivity index (χ2v) is 7.33. The van der Waals surface area contributed by atoms with Crippen LogP contribution in [-0.2, 0) is 10.3 Å². The van der Waals surface area contributed by atoms with Gasteiger partial charge in [0, 0.05) is 5.56 Å². The van der Waals surface area contributed by atoms with Crippen LogP contribution in [0.2, 0.25) is 0 Å². The first-order chi connectivity index (χ1) is 14.4. The van der Waals surface area contributed by atoms with Crippen molar-refractivity contribution >= 4 is 17.7 Å². The maximum atomic E-state index is 13.4. The van der Waals surface area contributed by atoms with Gasteiger partial charge in [-0.1, -0.05) is 31.9 Å². The summed E-state index contributed by atoms with van der Waals surface area (Å²) in [5.41, 5.74) is -0.503. The van der Waals surface area contributed by atoms with Crippen LogP contribution in [0, 0.1) is 5.82 Å². The molecule has 0 aromatic heterocycles. The number of amides is 3. The standard InChI is InChI=1S/C22H21FN2O5/c1-2-3-10-22(15-5-7-16(23)8-6-15)20(27)25(21(28)24-22)12-17(26)14-4-9-18-19(11-14)30-13-29-18/h4-9,11H,2-3,10,12-13H2,1H3,(H,24,28)/t22-/m0/s1. The number of hydrogen-bond donors (Lipinski definition) is 1. The molecule has 0 saturated carbocycles. The lowest BCUT2D eigenvalue weighted by molar-refractivity contribution is -0.131. The molecule has 8 heteroatoms. The van der Waals surface area contributed by atoms with E-state index in [9.17, 15) is 18.8 Å². The van der Waals surface area contributed by atoms with E-state index in [0.29, 0.717) is 35.5 Å². The van der Waals surface area contributed by atoms with Crippen molar-refractivity contribution in [3.63, 3.8) is 0 Å². The van der Waals surface area contributed by atoms with Crippen LogP contribution >= 0.6 is 0 Å². The molecule has 0 bridgehead atoms. The number of Topliss-reactive ketones (excluding diaryl/α,β-unsaturated/α-hetero) is 1. The molecule has 2 heterocycles. The first-order valence-corrected chi connectivity index (χ1v) is 9.77. The van der Waals surface area contributed by atoms with E-state index in [1.807, 2.05) is 6.92 Å². The fourth-order valence-corrected chi connectivity index (χ4v) is 3.76. The number of carbonyl (C=O) groups is 3. The van der Waals surface area contributed by atoms with Gasteiger partial charge in [-0.3, -0.25) is 14.5 Å². The highest BCUT2D eigenvalue weighted by atomic mass is 19.1. The molecule has 0 unspecified atom stereocenters. The smallest absolute Gasteiger partial charge is 0.325 e. The molecule has 3 amide bonds. The molecule has 2 aromatic rings. The van der Waals surface area contributed by atoms with Gasteiger partial charge < -0.3 is 14.8 Å². The van der Waals surface area contributed by atoms with Crippen LogP contribution in [0.15, 0.2) is 42.5 Å². The zero-order chi connectivity index (χ0) is 21.3. The molecule has 30 heavy (non-hydrogen) atoms. The highest BCUT2D eigenvalue weighted by Gasteiger charge is 2.52. The van der Waals surface area contributed by atoms with Crippen molar-refractivity contribution < 1.29 is 28.2 Å². The van der Waals surface area contributed by atoms with Crippen LogP contribution in [0.3, 0.4) is 0 Å². The summed E-state index contributed by atoms with van der Waals surface area (Å²) >= 11 is 0. The normalized spacial score (nSPS) is 19.9. The van der Waals surface area contributed by atoms with Crippen molar-refractivity contribution in [2.75, 3.05) is 13.3 Å². The van der Waals surface area contributed by atoms with Crippen molar-refractivity contribution in [2.24, 2.45) is 0 Å². The van der Waals surface area contributed by atoms with Gasteiger partial charge in [-0.25, -0.2) is 9.18 Å². The number of fused-ring (bicyclic) bond motifs is 1. The maximum Gasteiger partial charge on any atom is 0.325 e. The molecule has 0 spiro atoms. The first kappa shape index (κ1) is 19.9. The zero-order valence-corrected chi connectivity index (χ0v) is 16.4. The SMILES string of the molecule is CCCC[C@@]1(c2ccc(F)cc2)NC(=O)N(CC(=O)c2ccc3c(c2)OCO3)C1=O. The molecular formula is C22H21FN2O5. The minimum absolute atomic E-state index is 0.0810. The van der Waals surface area contributed by atoms with E-state index in [-0.39, 0.29) is 6.79 Å². The van der Waals surface area contributed by atoms with Gasteiger partial charge in [-0.15, -0.1) is 0 Å². The molecule has 7 nitrogen and oxygen atoms in total. The van der Waals surface area contributed by atoms with Gasteiger partial charge in [0.15, 0.2) is 17.3 Å². The van der Waals surface area contributed by atoms with Gasteiger partial charge in [0.25, 0.3) is 5.91 Å². The van der Waals surface area contributed by atoms with E-state index >= 15 is 0 Å². The number of rotatable bonds is 7. The number of ether oxygens (including phenoxy) is 2. The second kappa shape index (κ2) is 7.78. The van der Waals surface area contributed by atoms with Crippen LogP contribution in [0.25, 0.3) is 0 Å². The van der Waals surface area contributed by atoms with Crippen LogP contribution < -0.4 is 14.8 Å². The summed E-state index contributed by atoms with van der Waals surface area (Å²) in [6.45, 7) is 1.65. The molecule has 2 aromatic carbocycles. The minimum atomic E-state index is -1.31. The number of unbranched alkanes of at least 4 members (excludes halogenated alkanes) is 1. The van der Waals surface area contributed by atoms with E-state index < -0.39 is 35.6 Å². The van der Waals surface area contributed by atoms with Gasteiger partial charge in [0.2, 0.25) is 6.79 Å². The third-order valence-corrected chi connectivity index (χ3v) is 5.41. The lowest BCUT2D eigenvalue weighted by Crippen LogP contribution is -2.44. The number of ketones is 1. The first-order valence-electron chi connectivity index (χ1n) is 9.77. The Labute approximate surface area is 172 Å². The molecule has 4 rings (SSSR count). The third-order valence-electron chi connectivity index (χ3n) is 5.41. The average molecular weight is 412 g/mol. The molecule has 156 valence electrons. The van der Waals surface area contributed by atoms with E-state index in [4.69, 9.17) is 9.47 Å². The summed E-state index contributed by atoms with van der Waals surface area (Å²) in [4.78, 5) is 39.7. The minimum Gasteiger partial charge on any atom is -0.454 e. The Bertz CT molecular complexity index is 1010. The molecule has 0 aliphatic carbocycles. The van der Waals surface area contributed by atoms with Gasteiger partial charge >= 0.3 is 6.03 Å². The van der Waals surface area contributed by atoms with E-state index in [2.05, 4.69) is 5.32 Å². The predicted molar refractivity (Wildman–Crippen MR) is 105 cm³/mol. The van der Waals surface area contributed by atoms with Gasteiger partial charge in [0.05, 0.1) is 6.54 Å². The monoisotopic (exact) mass is 412 g/mol. The van der Waals surface area contributed by atoms with Gasteiger partial charge in [0.1, 0.15) is 11.4 Å². The number of urea groups is 1. The van der Waals surface area contributed by atoms with Gasteiger partial charge in [-0.05, 0) is 42.3 Å². The molecule has 1 saturated heterocycles. The zero-order valence-electron chi connectivity index (χ0n) is 16.4. The average Bonchev–Trinajstić information content (AvgIpc) is 3.31. The van der Waals surface area contributed by atoms with Crippen molar-refractivity contribution in [3.05, 3.63) is 59.4 Å². The largest absolute Gasteiger partial charge is 0.454 e. The lowest BCUT2D eigenvalue weighted by Gasteiger charge is -2.27.